The molecule has 0 spiro atoms. The first kappa shape index (κ1) is 20.2. The van der Waals surface area contributed by atoms with E-state index in [1.54, 1.807) is 0 Å². The molecule has 0 bridgehead atoms. The number of halogens is 3. The van der Waals surface area contributed by atoms with Crippen LogP contribution in [-0.2, 0) is 11.3 Å². The van der Waals surface area contributed by atoms with Crippen LogP contribution in [-0.4, -0.2) is 27.2 Å². The average molecular weight is 474 g/mol. The molecule has 0 atom stereocenters. The van der Waals surface area contributed by atoms with E-state index in [1.807, 2.05) is 22.6 Å². The van der Waals surface area contributed by atoms with E-state index in [9.17, 15) is 23.2 Å². The van der Waals surface area contributed by atoms with Gasteiger partial charge >= 0.3 is 0 Å². The van der Waals surface area contributed by atoms with Gasteiger partial charge in [-0.1, -0.05) is 28.7 Å². The summed E-state index contributed by atoms with van der Waals surface area (Å²) < 4.78 is 28.0. The van der Waals surface area contributed by atoms with Crippen molar-refractivity contribution < 1.29 is 18.4 Å². The molecule has 0 unspecified atom stereocenters. The summed E-state index contributed by atoms with van der Waals surface area (Å²) in [5.41, 5.74) is -0.172. The maximum Gasteiger partial charge on any atom is 0.263 e. The van der Waals surface area contributed by atoms with Crippen LogP contribution in [0.15, 0.2) is 41.3 Å². The Balaban J connectivity index is 2.05. The summed E-state index contributed by atoms with van der Waals surface area (Å²) in [6, 6.07) is 6.31. The van der Waals surface area contributed by atoms with E-state index < -0.39 is 23.1 Å². The zero-order valence-electron chi connectivity index (χ0n) is 13.8. The number of carbonyl (C=O) groups excluding carboxylic acids is 2. The summed E-state index contributed by atoms with van der Waals surface area (Å²) >= 11 is 1.98. The number of carbonyl (C=O) groups is 2. The van der Waals surface area contributed by atoms with E-state index in [2.05, 4.69) is 5.32 Å². The third kappa shape index (κ3) is 5.45. The highest BCUT2D eigenvalue weighted by molar-refractivity contribution is 14.1. The van der Waals surface area contributed by atoms with Crippen molar-refractivity contribution in [1.82, 2.24) is 9.88 Å². The van der Waals surface area contributed by atoms with Gasteiger partial charge in [-0.25, -0.2) is 8.78 Å². The van der Waals surface area contributed by atoms with E-state index >= 15 is 0 Å². The monoisotopic (exact) mass is 474 g/mol. The molecule has 0 radical (unpaired) electrons. The fraction of sp³-hybridized carbons (Fsp3) is 0.278. The molecule has 0 aliphatic heterocycles. The normalized spacial score (nSPS) is 10.6. The Morgan fingerprint density at radius 1 is 1.15 bits per heavy atom. The van der Waals surface area contributed by atoms with Crippen molar-refractivity contribution in [2.45, 2.75) is 19.4 Å². The molecule has 8 heteroatoms. The Morgan fingerprint density at radius 3 is 2.62 bits per heavy atom. The highest BCUT2D eigenvalue weighted by Crippen LogP contribution is 2.09. The van der Waals surface area contributed by atoms with Crippen molar-refractivity contribution in [2.24, 2.45) is 0 Å². The van der Waals surface area contributed by atoms with Gasteiger partial charge in [-0.3, -0.25) is 14.4 Å². The highest BCUT2D eigenvalue weighted by Gasteiger charge is 2.12. The minimum Gasteiger partial charge on any atom is -0.352 e. The third-order valence-electron chi connectivity index (χ3n) is 3.67. The van der Waals surface area contributed by atoms with Crippen molar-refractivity contribution in [2.75, 3.05) is 11.0 Å². The van der Waals surface area contributed by atoms with Gasteiger partial charge in [0.2, 0.25) is 0 Å². The molecule has 0 aliphatic rings. The quantitative estimate of drug-likeness (QED) is 0.364. The van der Waals surface area contributed by atoms with Crippen LogP contribution in [0.1, 0.15) is 28.8 Å². The minimum absolute atomic E-state index is 0.0152. The minimum atomic E-state index is -0.995. The Labute approximate surface area is 162 Å². The summed E-state index contributed by atoms with van der Waals surface area (Å²) in [6.45, 7) is 0.306. The van der Waals surface area contributed by atoms with E-state index in [0.717, 1.165) is 12.1 Å². The van der Waals surface area contributed by atoms with Crippen LogP contribution >= 0.6 is 22.6 Å². The number of amides is 1. The molecule has 1 aromatic heterocycles. The Hall–Kier alpha value is -2.10. The molecule has 2 rings (SSSR count). The molecule has 2 aromatic rings. The Kier molecular flexibility index (Phi) is 7.43. The second-order valence-electron chi connectivity index (χ2n) is 5.64. The highest BCUT2D eigenvalue weighted by atomic mass is 127. The van der Waals surface area contributed by atoms with Gasteiger partial charge in [-0.2, -0.15) is 0 Å². The van der Waals surface area contributed by atoms with Gasteiger partial charge in [0.15, 0.2) is 11.6 Å². The number of nitrogens with zero attached hydrogens (tertiary/aromatic N) is 1. The standard InChI is InChI=1S/C18H17F2IN2O3/c19-15-6-5-12(9-16(15)20)11-23-8-2-4-14(18(23)26)17(25)22-7-1-3-13(24)10-21/h2,4-6,8-9H,1,3,7,10-11H2,(H,22,25). The first-order valence-corrected chi connectivity index (χ1v) is 9.44. The summed E-state index contributed by atoms with van der Waals surface area (Å²) in [7, 11) is 0. The zero-order valence-corrected chi connectivity index (χ0v) is 16.0. The fourth-order valence-electron chi connectivity index (χ4n) is 2.32. The predicted octanol–water partition coefficient (Wildman–Crippen LogP) is 2.69. The topological polar surface area (TPSA) is 68.2 Å². The molecule has 26 heavy (non-hydrogen) atoms. The first-order chi connectivity index (χ1) is 12.4. The maximum absolute atomic E-state index is 13.3. The van der Waals surface area contributed by atoms with E-state index in [0.29, 0.717) is 29.4 Å². The van der Waals surface area contributed by atoms with Gasteiger partial charge < -0.3 is 9.88 Å². The van der Waals surface area contributed by atoms with Crippen molar-refractivity contribution in [1.29, 1.82) is 0 Å². The molecule has 1 heterocycles. The van der Waals surface area contributed by atoms with Gasteiger partial charge in [0.25, 0.3) is 11.5 Å². The average Bonchev–Trinajstić information content (AvgIpc) is 2.63. The van der Waals surface area contributed by atoms with E-state index in [4.69, 9.17) is 0 Å². The number of nitrogens with one attached hydrogen (secondary N) is 1. The number of pyridine rings is 1. The molecule has 0 aliphatic carbocycles. The number of alkyl halides is 1. The van der Waals surface area contributed by atoms with Crippen molar-refractivity contribution in [3.63, 3.8) is 0 Å². The summed E-state index contributed by atoms with van der Waals surface area (Å²) in [4.78, 5) is 35.8. The first-order valence-electron chi connectivity index (χ1n) is 7.91. The number of Topliss-reactive ketones (excluding diaryl/α,β-unsaturated/α-hetero) is 1. The molecule has 138 valence electrons. The van der Waals surface area contributed by atoms with Crippen molar-refractivity contribution >= 4 is 34.3 Å². The largest absolute Gasteiger partial charge is 0.352 e. The molecule has 0 saturated heterocycles. The third-order valence-corrected chi connectivity index (χ3v) is 4.52. The van der Waals surface area contributed by atoms with Crippen LogP contribution < -0.4 is 10.9 Å². The predicted molar refractivity (Wildman–Crippen MR) is 102 cm³/mol. The molecule has 1 amide bonds. The molecule has 0 fully saturated rings. The number of ketones is 1. The van der Waals surface area contributed by atoms with E-state index in [-0.39, 0.29) is 17.9 Å². The lowest BCUT2D eigenvalue weighted by molar-refractivity contribution is -0.116. The van der Waals surface area contributed by atoms with Crippen molar-refractivity contribution in [3.05, 3.63) is 69.6 Å². The van der Waals surface area contributed by atoms with E-state index in [1.165, 1.54) is 29.0 Å². The second-order valence-corrected chi connectivity index (χ2v) is 6.40. The van der Waals surface area contributed by atoms with Gasteiger partial charge in [0.1, 0.15) is 11.3 Å². The van der Waals surface area contributed by atoms with Crippen molar-refractivity contribution in [3.8, 4) is 0 Å². The Morgan fingerprint density at radius 2 is 1.92 bits per heavy atom. The van der Waals surface area contributed by atoms with Crippen LogP contribution in [0.2, 0.25) is 0 Å². The number of hydrogen-bond donors (Lipinski definition) is 1. The molecular formula is C18H17F2IN2O3. The second kappa shape index (κ2) is 9.56. The zero-order chi connectivity index (χ0) is 19.1. The smallest absolute Gasteiger partial charge is 0.263 e. The lowest BCUT2D eigenvalue weighted by atomic mass is 10.2. The van der Waals surface area contributed by atoms with Gasteiger partial charge in [0.05, 0.1) is 11.0 Å². The number of aromatic nitrogens is 1. The summed E-state index contributed by atoms with van der Waals surface area (Å²) in [6.07, 6.45) is 2.35. The van der Waals surface area contributed by atoms with Crippen LogP contribution in [0.5, 0.6) is 0 Å². The Bertz CT molecular complexity index is 868. The summed E-state index contributed by atoms with van der Waals surface area (Å²) in [5, 5.41) is 2.61. The lowest BCUT2D eigenvalue weighted by Gasteiger charge is -2.09. The maximum atomic E-state index is 13.3. The molecule has 1 aromatic carbocycles. The SMILES string of the molecule is O=C(CI)CCCNC(=O)c1cccn(Cc2ccc(F)c(F)c2)c1=O. The van der Waals surface area contributed by atoms with Gasteiger partial charge in [0, 0.05) is 19.2 Å². The van der Waals surface area contributed by atoms with Crippen LogP contribution in [0.25, 0.3) is 0 Å². The number of rotatable bonds is 8. The van der Waals surface area contributed by atoms with Crippen LogP contribution in [0, 0.1) is 11.6 Å². The lowest BCUT2D eigenvalue weighted by Crippen LogP contribution is -2.33. The number of hydrogen-bond acceptors (Lipinski definition) is 3. The summed E-state index contributed by atoms with van der Waals surface area (Å²) in [5.74, 6) is -2.38. The van der Waals surface area contributed by atoms with Gasteiger partial charge in [-0.15, -0.1) is 0 Å². The van der Waals surface area contributed by atoms with Crippen LogP contribution in [0.4, 0.5) is 8.78 Å². The number of benzene rings is 1. The molecule has 1 N–H and O–H groups in total. The molecule has 5 nitrogen and oxygen atoms in total. The van der Waals surface area contributed by atoms with Gasteiger partial charge in [-0.05, 0) is 36.2 Å². The molecular weight excluding hydrogens is 457 g/mol. The fourth-order valence-corrected chi connectivity index (χ4v) is 2.70. The van der Waals surface area contributed by atoms with Crippen LogP contribution in [0.3, 0.4) is 0 Å². The molecule has 0 saturated carbocycles.